The van der Waals surface area contributed by atoms with Crippen LogP contribution in [0.5, 0.6) is 11.5 Å². The summed E-state index contributed by atoms with van der Waals surface area (Å²) >= 11 is 0. The first-order valence-electron chi connectivity index (χ1n) is 7.39. The Morgan fingerprint density at radius 3 is 2.78 bits per heavy atom. The van der Waals surface area contributed by atoms with E-state index >= 15 is 0 Å². The number of fused-ring (bicyclic) bond motifs is 1. The SMILES string of the molecule is Cl.NCCNC(=O)C1CCN(c2ccc3c(c2)OCCO3)C1=O. The van der Waals surface area contributed by atoms with Gasteiger partial charge in [0.25, 0.3) is 0 Å². The number of hydrogen-bond donors (Lipinski definition) is 2. The Balaban J connectivity index is 0.00000192. The van der Waals surface area contributed by atoms with E-state index in [9.17, 15) is 9.59 Å². The fraction of sp³-hybridized carbons (Fsp3) is 0.467. The van der Waals surface area contributed by atoms with E-state index in [1.54, 1.807) is 17.0 Å². The second-order valence-electron chi connectivity index (χ2n) is 5.24. The smallest absolute Gasteiger partial charge is 0.239 e. The van der Waals surface area contributed by atoms with Gasteiger partial charge in [0.2, 0.25) is 11.8 Å². The summed E-state index contributed by atoms with van der Waals surface area (Å²) in [6.45, 7) is 2.28. The summed E-state index contributed by atoms with van der Waals surface area (Å²) in [4.78, 5) is 26.0. The van der Waals surface area contributed by atoms with E-state index in [-0.39, 0.29) is 24.2 Å². The van der Waals surface area contributed by atoms with Crippen LogP contribution in [0.2, 0.25) is 0 Å². The zero-order valence-electron chi connectivity index (χ0n) is 12.6. The van der Waals surface area contributed by atoms with E-state index in [0.29, 0.717) is 50.8 Å². The van der Waals surface area contributed by atoms with Gasteiger partial charge in [0.05, 0.1) is 0 Å². The first kappa shape index (κ1) is 17.4. The first-order chi connectivity index (χ1) is 10.7. The van der Waals surface area contributed by atoms with Gasteiger partial charge >= 0.3 is 0 Å². The highest BCUT2D eigenvalue weighted by atomic mass is 35.5. The van der Waals surface area contributed by atoms with E-state index in [1.807, 2.05) is 6.07 Å². The van der Waals surface area contributed by atoms with Crippen LogP contribution in [0.1, 0.15) is 6.42 Å². The number of halogens is 1. The van der Waals surface area contributed by atoms with Crippen LogP contribution in [0, 0.1) is 5.92 Å². The molecule has 2 aliphatic heterocycles. The van der Waals surface area contributed by atoms with E-state index < -0.39 is 5.92 Å². The van der Waals surface area contributed by atoms with Crippen LogP contribution in [0.15, 0.2) is 18.2 Å². The second kappa shape index (κ2) is 7.52. The Morgan fingerprint density at radius 1 is 1.30 bits per heavy atom. The molecule has 1 aromatic rings. The van der Waals surface area contributed by atoms with Gasteiger partial charge in [-0.3, -0.25) is 9.59 Å². The van der Waals surface area contributed by atoms with Crippen LogP contribution in [0.4, 0.5) is 5.69 Å². The lowest BCUT2D eigenvalue weighted by molar-refractivity contribution is -0.132. The fourth-order valence-corrected chi connectivity index (χ4v) is 2.70. The lowest BCUT2D eigenvalue weighted by Gasteiger charge is -2.22. The Kier molecular flexibility index (Phi) is 5.68. The molecule has 2 aliphatic rings. The molecule has 3 N–H and O–H groups in total. The standard InChI is InChI=1S/C15H19N3O4.ClH/c16-4-5-17-14(19)11-3-6-18(15(11)20)10-1-2-12-13(9-10)22-8-7-21-12;/h1-2,9,11H,3-8,16H2,(H,17,19);1H. The van der Waals surface area contributed by atoms with E-state index in [2.05, 4.69) is 5.32 Å². The Morgan fingerprint density at radius 2 is 2.04 bits per heavy atom. The van der Waals surface area contributed by atoms with Gasteiger partial charge in [-0.1, -0.05) is 0 Å². The average molecular weight is 342 g/mol. The second-order valence-corrected chi connectivity index (χ2v) is 5.24. The fourth-order valence-electron chi connectivity index (χ4n) is 2.70. The van der Waals surface area contributed by atoms with Gasteiger partial charge < -0.3 is 25.4 Å². The molecule has 126 valence electrons. The van der Waals surface area contributed by atoms with Gasteiger partial charge in [-0.15, -0.1) is 12.4 Å². The molecule has 1 saturated heterocycles. The first-order valence-corrected chi connectivity index (χ1v) is 7.39. The third-order valence-corrected chi connectivity index (χ3v) is 3.80. The van der Waals surface area contributed by atoms with Gasteiger partial charge in [0.15, 0.2) is 11.5 Å². The predicted molar refractivity (Wildman–Crippen MR) is 87.2 cm³/mol. The van der Waals surface area contributed by atoms with Crippen LogP contribution in [0.3, 0.4) is 0 Å². The summed E-state index contributed by atoms with van der Waals surface area (Å²) < 4.78 is 11.0. The average Bonchev–Trinajstić information content (AvgIpc) is 2.94. The minimum atomic E-state index is -0.639. The van der Waals surface area contributed by atoms with Gasteiger partial charge in [-0.25, -0.2) is 0 Å². The third-order valence-electron chi connectivity index (χ3n) is 3.80. The number of nitrogens with one attached hydrogen (secondary N) is 1. The maximum atomic E-state index is 12.4. The van der Waals surface area contributed by atoms with Gasteiger partial charge in [-0.2, -0.15) is 0 Å². The molecular formula is C15H20ClN3O4. The summed E-state index contributed by atoms with van der Waals surface area (Å²) in [5.74, 6) is 0.230. The van der Waals surface area contributed by atoms with Crippen molar-refractivity contribution in [3.8, 4) is 11.5 Å². The molecular weight excluding hydrogens is 322 g/mol. The number of anilines is 1. The minimum Gasteiger partial charge on any atom is -0.486 e. The molecule has 8 heteroatoms. The van der Waals surface area contributed by atoms with Gasteiger partial charge in [0, 0.05) is 31.4 Å². The zero-order chi connectivity index (χ0) is 15.5. The largest absolute Gasteiger partial charge is 0.486 e. The quantitative estimate of drug-likeness (QED) is 0.769. The van der Waals surface area contributed by atoms with Crippen LogP contribution in [0.25, 0.3) is 0 Å². The van der Waals surface area contributed by atoms with Crippen molar-refractivity contribution in [2.45, 2.75) is 6.42 Å². The monoisotopic (exact) mass is 341 g/mol. The van der Waals surface area contributed by atoms with Crippen LogP contribution >= 0.6 is 12.4 Å². The molecule has 2 amide bonds. The molecule has 0 spiro atoms. The van der Waals surface area contributed by atoms with E-state index in [4.69, 9.17) is 15.2 Å². The highest BCUT2D eigenvalue weighted by molar-refractivity contribution is 6.09. The van der Waals surface area contributed by atoms with Crippen LogP contribution in [-0.2, 0) is 9.59 Å². The molecule has 0 aliphatic carbocycles. The predicted octanol–water partition coefficient (Wildman–Crippen LogP) is 0.307. The lowest BCUT2D eigenvalue weighted by Crippen LogP contribution is -2.38. The summed E-state index contributed by atoms with van der Waals surface area (Å²) in [5, 5.41) is 2.67. The number of nitrogens with two attached hydrogens (primary N) is 1. The summed E-state index contributed by atoms with van der Waals surface area (Å²) in [6.07, 6.45) is 0.504. The molecule has 0 radical (unpaired) electrons. The van der Waals surface area contributed by atoms with Crippen molar-refractivity contribution in [3.63, 3.8) is 0 Å². The molecule has 1 fully saturated rings. The molecule has 1 atom stereocenters. The molecule has 0 bridgehead atoms. The van der Waals surface area contributed by atoms with Crippen molar-refractivity contribution in [2.24, 2.45) is 11.7 Å². The minimum absolute atomic E-state index is 0. The normalized spacial score (nSPS) is 19.3. The summed E-state index contributed by atoms with van der Waals surface area (Å²) in [7, 11) is 0. The Hall–Kier alpha value is -1.99. The van der Waals surface area contributed by atoms with Crippen molar-refractivity contribution < 1.29 is 19.1 Å². The molecule has 7 nitrogen and oxygen atoms in total. The molecule has 3 rings (SSSR count). The maximum absolute atomic E-state index is 12.4. The molecule has 23 heavy (non-hydrogen) atoms. The van der Waals surface area contributed by atoms with Crippen molar-refractivity contribution in [1.82, 2.24) is 5.32 Å². The number of hydrogen-bond acceptors (Lipinski definition) is 5. The Bertz CT molecular complexity index is 596. The van der Waals surface area contributed by atoms with Crippen molar-refractivity contribution in [2.75, 3.05) is 37.7 Å². The number of carbonyl (C=O) groups is 2. The van der Waals surface area contributed by atoms with Crippen LogP contribution in [-0.4, -0.2) is 44.7 Å². The number of carbonyl (C=O) groups excluding carboxylic acids is 2. The molecule has 0 saturated carbocycles. The molecule has 0 aromatic heterocycles. The number of benzene rings is 1. The lowest BCUT2D eigenvalue weighted by atomic mass is 10.1. The molecule has 1 unspecified atom stereocenters. The molecule has 2 heterocycles. The highest BCUT2D eigenvalue weighted by Gasteiger charge is 2.37. The number of rotatable bonds is 4. The van der Waals surface area contributed by atoms with Crippen LogP contribution < -0.4 is 25.4 Å². The number of amides is 2. The summed E-state index contributed by atoms with van der Waals surface area (Å²) in [5.41, 5.74) is 6.08. The van der Waals surface area contributed by atoms with Crippen molar-refractivity contribution >= 4 is 29.9 Å². The topological polar surface area (TPSA) is 93.9 Å². The van der Waals surface area contributed by atoms with Crippen molar-refractivity contribution in [1.29, 1.82) is 0 Å². The number of ether oxygens (including phenoxy) is 2. The van der Waals surface area contributed by atoms with Gasteiger partial charge in [-0.05, 0) is 18.6 Å². The van der Waals surface area contributed by atoms with E-state index in [1.165, 1.54) is 0 Å². The highest BCUT2D eigenvalue weighted by Crippen LogP contribution is 2.35. The molecule has 1 aromatic carbocycles. The maximum Gasteiger partial charge on any atom is 0.239 e. The van der Waals surface area contributed by atoms with E-state index in [0.717, 1.165) is 5.69 Å². The van der Waals surface area contributed by atoms with Crippen molar-refractivity contribution in [3.05, 3.63) is 18.2 Å². The third kappa shape index (κ3) is 3.51. The Labute approximate surface area is 140 Å². The zero-order valence-corrected chi connectivity index (χ0v) is 13.4. The van der Waals surface area contributed by atoms with Gasteiger partial charge in [0.1, 0.15) is 19.1 Å². The number of nitrogens with zero attached hydrogens (tertiary/aromatic N) is 1. The summed E-state index contributed by atoms with van der Waals surface area (Å²) in [6, 6.07) is 5.39.